The average molecular weight is 420 g/mol. The van der Waals surface area contributed by atoms with Crippen molar-refractivity contribution < 1.29 is 14.1 Å². The Labute approximate surface area is 183 Å². The Balaban J connectivity index is 1.37. The largest absolute Gasteiger partial charge is 0.497 e. The molecule has 0 unspecified atom stereocenters. The van der Waals surface area contributed by atoms with Crippen LogP contribution in [0.3, 0.4) is 0 Å². The highest BCUT2D eigenvalue weighted by Gasteiger charge is 2.28. The number of nitrogens with zero attached hydrogens (tertiary/aromatic N) is 3. The van der Waals surface area contributed by atoms with Gasteiger partial charge in [-0.2, -0.15) is 4.98 Å². The molecule has 6 heteroatoms. The van der Waals surface area contributed by atoms with Gasteiger partial charge in [0.25, 0.3) is 5.91 Å². The van der Waals surface area contributed by atoms with Crippen LogP contribution in [0.2, 0.25) is 0 Å². The number of carbonyl (C=O) groups is 1. The standard InChI is InChI=1S/C25H29N3O3/c1-25(2,3)20-9-5-19(6-10-20)24(29)28-15-13-18(14-16-28)23-26-22(27-31-23)17-7-11-21(30-4)12-8-17/h5-12,18H,13-16H2,1-4H3. The Morgan fingerprint density at radius 3 is 2.26 bits per heavy atom. The van der Waals surface area contributed by atoms with Crippen molar-refractivity contribution >= 4 is 5.91 Å². The zero-order valence-electron chi connectivity index (χ0n) is 18.6. The van der Waals surface area contributed by atoms with Gasteiger partial charge in [-0.05, 0) is 60.2 Å². The van der Waals surface area contributed by atoms with Crippen molar-refractivity contribution in [2.45, 2.75) is 44.9 Å². The molecule has 162 valence electrons. The van der Waals surface area contributed by atoms with Crippen LogP contribution in [0, 0.1) is 0 Å². The quantitative estimate of drug-likeness (QED) is 0.591. The molecule has 0 atom stereocenters. The monoisotopic (exact) mass is 419 g/mol. The normalized spacial score (nSPS) is 15.2. The highest BCUT2D eigenvalue weighted by Crippen LogP contribution is 2.30. The zero-order chi connectivity index (χ0) is 22.0. The summed E-state index contributed by atoms with van der Waals surface area (Å²) in [6.45, 7) is 7.89. The van der Waals surface area contributed by atoms with Crippen molar-refractivity contribution in [1.82, 2.24) is 15.0 Å². The molecule has 4 rings (SSSR count). The van der Waals surface area contributed by atoms with Gasteiger partial charge in [0.05, 0.1) is 7.11 Å². The Bertz CT molecular complexity index is 1030. The molecule has 31 heavy (non-hydrogen) atoms. The van der Waals surface area contributed by atoms with E-state index in [-0.39, 0.29) is 17.2 Å². The first-order valence-corrected chi connectivity index (χ1v) is 10.7. The number of hydrogen-bond acceptors (Lipinski definition) is 5. The van der Waals surface area contributed by atoms with Crippen LogP contribution in [-0.2, 0) is 5.41 Å². The summed E-state index contributed by atoms with van der Waals surface area (Å²) in [6, 6.07) is 15.6. The number of amides is 1. The van der Waals surface area contributed by atoms with Crippen molar-refractivity contribution in [1.29, 1.82) is 0 Å². The molecular formula is C25H29N3O3. The fraction of sp³-hybridized carbons (Fsp3) is 0.400. The molecule has 0 N–H and O–H groups in total. The van der Waals surface area contributed by atoms with E-state index in [1.165, 1.54) is 5.56 Å². The van der Waals surface area contributed by atoms with Crippen molar-refractivity contribution in [3.8, 4) is 17.1 Å². The Kier molecular flexibility index (Phi) is 5.81. The van der Waals surface area contributed by atoms with Crippen LogP contribution in [0.4, 0.5) is 0 Å². The van der Waals surface area contributed by atoms with Gasteiger partial charge in [-0.3, -0.25) is 4.79 Å². The maximum Gasteiger partial charge on any atom is 0.253 e. The molecule has 3 aromatic rings. The van der Waals surface area contributed by atoms with Crippen LogP contribution in [0.15, 0.2) is 53.1 Å². The van der Waals surface area contributed by atoms with Gasteiger partial charge >= 0.3 is 0 Å². The maximum atomic E-state index is 12.9. The summed E-state index contributed by atoms with van der Waals surface area (Å²) in [5.74, 6) is 2.27. The third-order valence-electron chi connectivity index (χ3n) is 5.92. The summed E-state index contributed by atoms with van der Waals surface area (Å²) in [6.07, 6.45) is 1.63. The zero-order valence-corrected chi connectivity index (χ0v) is 18.6. The van der Waals surface area contributed by atoms with E-state index in [1.54, 1.807) is 7.11 Å². The summed E-state index contributed by atoms with van der Waals surface area (Å²) in [5, 5.41) is 4.14. The predicted molar refractivity (Wildman–Crippen MR) is 119 cm³/mol. The molecule has 1 aliphatic rings. The first-order valence-electron chi connectivity index (χ1n) is 10.7. The molecule has 1 fully saturated rings. The van der Waals surface area contributed by atoms with Crippen LogP contribution < -0.4 is 4.74 Å². The van der Waals surface area contributed by atoms with Crippen LogP contribution in [0.1, 0.15) is 61.3 Å². The summed E-state index contributed by atoms with van der Waals surface area (Å²) >= 11 is 0. The fourth-order valence-electron chi connectivity index (χ4n) is 3.88. The molecular weight excluding hydrogens is 390 g/mol. The lowest BCUT2D eigenvalue weighted by molar-refractivity contribution is 0.0704. The maximum absolute atomic E-state index is 12.9. The number of benzene rings is 2. The van der Waals surface area contributed by atoms with Gasteiger partial charge < -0.3 is 14.2 Å². The molecule has 1 aromatic heterocycles. The number of likely N-dealkylation sites (tertiary alicyclic amines) is 1. The molecule has 0 aliphatic carbocycles. The molecule has 1 aliphatic heterocycles. The minimum Gasteiger partial charge on any atom is -0.497 e. The number of ether oxygens (including phenoxy) is 1. The number of methoxy groups -OCH3 is 1. The Morgan fingerprint density at radius 2 is 1.68 bits per heavy atom. The highest BCUT2D eigenvalue weighted by atomic mass is 16.5. The minimum absolute atomic E-state index is 0.0780. The molecule has 0 spiro atoms. The first-order chi connectivity index (χ1) is 14.8. The molecule has 6 nitrogen and oxygen atoms in total. The summed E-state index contributed by atoms with van der Waals surface area (Å²) in [5.41, 5.74) is 2.94. The lowest BCUT2D eigenvalue weighted by atomic mass is 9.86. The number of carbonyl (C=O) groups excluding carboxylic acids is 1. The highest BCUT2D eigenvalue weighted by molar-refractivity contribution is 5.94. The van der Waals surface area contributed by atoms with Crippen LogP contribution in [-0.4, -0.2) is 41.1 Å². The van der Waals surface area contributed by atoms with Crippen molar-refractivity contribution in [2.75, 3.05) is 20.2 Å². The second kappa shape index (κ2) is 8.53. The number of piperidine rings is 1. The second-order valence-electron chi connectivity index (χ2n) is 9.08. The number of hydrogen-bond donors (Lipinski definition) is 0. The van der Waals surface area contributed by atoms with E-state index in [2.05, 4.69) is 43.0 Å². The minimum atomic E-state index is 0.0780. The SMILES string of the molecule is COc1ccc(-c2noc(C3CCN(C(=O)c4ccc(C(C)(C)C)cc4)CC3)n2)cc1. The average Bonchev–Trinajstić information content (AvgIpc) is 3.28. The van der Waals surface area contributed by atoms with Gasteiger partial charge in [-0.15, -0.1) is 0 Å². The fourth-order valence-corrected chi connectivity index (χ4v) is 3.88. The topological polar surface area (TPSA) is 68.5 Å². The van der Waals surface area contributed by atoms with Gasteiger partial charge in [-0.1, -0.05) is 38.1 Å². The molecule has 2 aromatic carbocycles. The molecule has 0 radical (unpaired) electrons. The lowest BCUT2D eigenvalue weighted by Crippen LogP contribution is -2.38. The smallest absolute Gasteiger partial charge is 0.253 e. The number of aromatic nitrogens is 2. The van der Waals surface area contributed by atoms with Crippen LogP contribution in [0.25, 0.3) is 11.4 Å². The van der Waals surface area contributed by atoms with Gasteiger partial charge in [0, 0.05) is 30.1 Å². The summed E-state index contributed by atoms with van der Waals surface area (Å²) in [4.78, 5) is 19.4. The molecule has 2 heterocycles. The molecule has 1 saturated heterocycles. The Hall–Kier alpha value is -3.15. The summed E-state index contributed by atoms with van der Waals surface area (Å²) in [7, 11) is 1.64. The van der Waals surface area contributed by atoms with Crippen molar-refractivity contribution in [2.24, 2.45) is 0 Å². The summed E-state index contributed by atoms with van der Waals surface area (Å²) < 4.78 is 10.7. The van der Waals surface area contributed by atoms with E-state index in [4.69, 9.17) is 9.26 Å². The van der Waals surface area contributed by atoms with Gasteiger partial charge in [0.15, 0.2) is 0 Å². The third kappa shape index (κ3) is 4.63. The van der Waals surface area contributed by atoms with E-state index in [0.29, 0.717) is 24.8 Å². The van der Waals surface area contributed by atoms with Gasteiger partial charge in [-0.25, -0.2) is 0 Å². The Morgan fingerprint density at radius 1 is 1.03 bits per heavy atom. The molecule has 0 bridgehead atoms. The van der Waals surface area contributed by atoms with Gasteiger partial charge in [0.1, 0.15) is 5.75 Å². The van der Waals surface area contributed by atoms with Crippen molar-refractivity contribution in [3.05, 3.63) is 65.5 Å². The van der Waals surface area contributed by atoms with Crippen molar-refractivity contribution in [3.63, 3.8) is 0 Å². The van der Waals surface area contributed by atoms with E-state index in [1.807, 2.05) is 41.3 Å². The van der Waals surface area contributed by atoms with E-state index in [0.717, 1.165) is 29.7 Å². The number of rotatable bonds is 4. The van der Waals surface area contributed by atoms with E-state index >= 15 is 0 Å². The van der Waals surface area contributed by atoms with Gasteiger partial charge in [0.2, 0.25) is 11.7 Å². The van der Waals surface area contributed by atoms with Crippen LogP contribution >= 0.6 is 0 Å². The van der Waals surface area contributed by atoms with E-state index < -0.39 is 0 Å². The first kappa shape index (κ1) is 21.1. The van der Waals surface area contributed by atoms with Crippen LogP contribution in [0.5, 0.6) is 5.75 Å². The molecule has 1 amide bonds. The third-order valence-corrected chi connectivity index (χ3v) is 5.92. The predicted octanol–water partition coefficient (Wildman–Crippen LogP) is 5.06. The molecule has 0 saturated carbocycles. The second-order valence-corrected chi connectivity index (χ2v) is 9.08. The van der Waals surface area contributed by atoms with E-state index in [9.17, 15) is 4.79 Å². The lowest BCUT2D eigenvalue weighted by Gasteiger charge is -2.30.